The first kappa shape index (κ1) is 13.4. The summed E-state index contributed by atoms with van der Waals surface area (Å²) < 4.78 is 5.50. The average molecular weight is 239 g/mol. The van der Waals surface area contributed by atoms with E-state index in [9.17, 15) is 0 Å². The van der Waals surface area contributed by atoms with Crippen molar-refractivity contribution in [2.75, 3.05) is 13.2 Å². The van der Waals surface area contributed by atoms with Gasteiger partial charge in [-0.1, -0.05) is 26.2 Å². The van der Waals surface area contributed by atoms with Crippen LogP contribution in [-0.2, 0) is 4.74 Å². The molecule has 1 N–H and O–H groups in total. The summed E-state index contributed by atoms with van der Waals surface area (Å²) in [6.45, 7) is 6.63. The minimum atomic E-state index is 0.629. The Morgan fingerprint density at radius 2 is 1.88 bits per heavy atom. The zero-order valence-electron chi connectivity index (χ0n) is 11.6. The van der Waals surface area contributed by atoms with Crippen LogP contribution in [0.2, 0.25) is 0 Å². The molecule has 0 aromatic carbocycles. The van der Waals surface area contributed by atoms with Gasteiger partial charge in [0.15, 0.2) is 0 Å². The monoisotopic (exact) mass is 239 g/mol. The second-order valence-electron chi connectivity index (χ2n) is 5.99. The Balaban J connectivity index is 1.80. The predicted octanol–water partition coefficient (Wildman–Crippen LogP) is 3.36. The van der Waals surface area contributed by atoms with Crippen molar-refractivity contribution in [2.45, 2.75) is 70.9 Å². The van der Waals surface area contributed by atoms with Crippen LogP contribution in [0.25, 0.3) is 0 Å². The highest BCUT2D eigenvalue weighted by Crippen LogP contribution is 2.28. The van der Waals surface area contributed by atoms with Gasteiger partial charge in [0, 0.05) is 18.7 Å². The standard InChI is InChI=1S/C15H29NO/c1-3-15(13-7-5-4-6-8-13)16-12(2)14-9-10-17-11-14/h12-16H,3-11H2,1-2H3. The third-order valence-electron chi connectivity index (χ3n) is 4.81. The Labute approximate surface area is 107 Å². The first-order valence-electron chi connectivity index (χ1n) is 7.65. The Hall–Kier alpha value is -0.0800. The molecular weight excluding hydrogens is 210 g/mol. The van der Waals surface area contributed by atoms with Crippen molar-refractivity contribution in [3.63, 3.8) is 0 Å². The fraction of sp³-hybridized carbons (Fsp3) is 1.00. The smallest absolute Gasteiger partial charge is 0.0509 e. The van der Waals surface area contributed by atoms with E-state index in [1.54, 1.807) is 0 Å². The summed E-state index contributed by atoms with van der Waals surface area (Å²) in [6.07, 6.45) is 9.77. The van der Waals surface area contributed by atoms with Gasteiger partial charge in [0.05, 0.1) is 6.61 Å². The van der Waals surface area contributed by atoms with E-state index in [4.69, 9.17) is 4.74 Å². The lowest BCUT2D eigenvalue weighted by atomic mass is 9.82. The van der Waals surface area contributed by atoms with Gasteiger partial charge < -0.3 is 10.1 Å². The molecule has 17 heavy (non-hydrogen) atoms. The van der Waals surface area contributed by atoms with Crippen molar-refractivity contribution in [1.82, 2.24) is 5.32 Å². The Morgan fingerprint density at radius 1 is 1.12 bits per heavy atom. The molecule has 0 amide bonds. The number of rotatable bonds is 5. The molecule has 2 aliphatic rings. The summed E-state index contributed by atoms with van der Waals surface area (Å²) in [4.78, 5) is 0. The van der Waals surface area contributed by atoms with E-state index in [0.717, 1.165) is 31.1 Å². The van der Waals surface area contributed by atoms with Gasteiger partial charge in [-0.3, -0.25) is 0 Å². The summed E-state index contributed by atoms with van der Waals surface area (Å²) in [6, 6.07) is 1.37. The molecular formula is C15H29NO. The molecule has 1 aliphatic heterocycles. The van der Waals surface area contributed by atoms with Crippen LogP contribution in [0.5, 0.6) is 0 Å². The summed E-state index contributed by atoms with van der Waals surface area (Å²) in [5.74, 6) is 1.67. The summed E-state index contributed by atoms with van der Waals surface area (Å²) in [5.41, 5.74) is 0. The highest BCUT2D eigenvalue weighted by molar-refractivity contribution is 4.84. The van der Waals surface area contributed by atoms with Crippen molar-refractivity contribution in [1.29, 1.82) is 0 Å². The normalized spacial score (nSPS) is 30.4. The quantitative estimate of drug-likeness (QED) is 0.794. The summed E-state index contributed by atoms with van der Waals surface area (Å²) >= 11 is 0. The lowest BCUT2D eigenvalue weighted by molar-refractivity contribution is 0.169. The Morgan fingerprint density at radius 3 is 2.47 bits per heavy atom. The van der Waals surface area contributed by atoms with Gasteiger partial charge >= 0.3 is 0 Å². The molecule has 1 saturated heterocycles. The fourth-order valence-electron chi connectivity index (χ4n) is 3.54. The zero-order valence-corrected chi connectivity index (χ0v) is 11.6. The second kappa shape index (κ2) is 6.75. The Kier molecular flexibility index (Phi) is 5.30. The van der Waals surface area contributed by atoms with Gasteiger partial charge in [-0.2, -0.15) is 0 Å². The number of hydrogen-bond donors (Lipinski definition) is 1. The largest absolute Gasteiger partial charge is 0.381 e. The van der Waals surface area contributed by atoms with Crippen molar-refractivity contribution < 1.29 is 4.74 Å². The fourth-order valence-corrected chi connectivity index (χ4v) is 3.54. The van der Waals surface area contributed by atoms with E-state index in [1.807, 2.05) is 0 Å². The molecule has 0 aromatic heterocycles. The SMILES string of the molecule is CCC(NC(C)C1CCOC1)C1CCCCC1. The molecule has 2 heteroatoms. The van der Waals surface area contributed by atoms with Gasteiger partial charge in [0.25, 0.3) is 0 Å². The summed E-state index contributed by atoms with van der Waals surface area (Å²) in [5, 5.41) is 3.90. The van der Waals surface area contributed by atoms with Gasteiger partial charge in [0.2, 0.25) is 0 Å². The molecule has 0 bridgehead atoms. The lowest BCUT2D eigenvalue weighted by Gasteiger charge is -2.34. The molecule has 1 heterocycles. The number of nitrogens with one attached hydrogen (secondary N) is 1. The molecule has 1 aliphatic carbocycles. The maximum absolute atomic E-state index is 5.50. The molecule has 2 fully saturated rings. The van der Waals surface area contributed by atoms with E-state index in [1.165, 1.54) is 44.9 Å². The average Bonchev–Trinajstić information content (AvgIpc) is 2.90. The van der Waals surface area contributed by atoms with Gasteiger partial charge in [0.1, 0.15) is 0 Å². The second-order valence-corrected chi connectivity index (χ2v) is 5.99. The molecule has 100 valence electrons. The predicted molar refractivity (Wildman–Crippen MR) is 72.2 cm³/mol. The first-order chi connectivity index (χ1) is 8.31. The molecule has 1 saturated carbocycles. The van der Waals surface area contributed by atoms with E-state index >= 15 is 0 Å². The third-order valence-corrected chi connectivity index (χ3v) is 4.81. The van der Waals surface area contributed by atoms with E-state index in [0.29, 0.717) is 6.04 Å². The topological polar surface area (TPSA) is 21.3 Å². The molecule has 2 nitrogen and oxygen atoms in total. The van der Waals surface area contributed by atoms with E-state index in [2.05, 4.69) is 19.2 Å². The summed E-state index contributed by atoms with van der Waals surface area (Å²) in [7, 11) is 0. The van der Waals surface area contributed by atoms with Crippen molar-refractivity contribution in [3.05, 3.63) is 0 Å². The van der Waals surface area contributed by atoms with Crippen LogP contribution in [0.4, 0.5) is 0 Å². The highest BCUT2D eigenvalue weighted by Gasteiger charge is 2.27. The molecule has 3 atom stereocenters. The highest BCUT2D eigenvalue weighted by atomic mass is 16.5. The van der Waals surface area contributed by atoms with E-state index in [-0.39, 0.29) is 0 Å². The van der Waals surface area contributed by atoms with Crippen molar-refractivity contribution >= 4 is 0 Å². The lowest BCUT2D eigenvalue weighted by Crippen LogP contribution is -2.45. The van der Waals surface area contributed by atoms with Gasteiger partial charge in [-0.25, -0.2) is 0 Å². The minimum Gasteiger partial charge on any atom is -0.381 e. The molecule has 0 aromatic rings. The van der Waals surface area contributed by atoms with E-state index < -0.39 is 0 Å². The van der Waals surface area contributed by atoms with Crippen molar-refractivity contribution in [3.8, 4) is 0 Å². The zero-order chi connectivity index (χ0) is 12.1. The van der Waals surface area contributed by atoms with Crippen molar-refractivity contribution in [2.24, 2.45) is 11.8 Å². The molecule has 0 spiro atoms. The first-order valence-corrected chi connectivity index (χ1v) is 7.65. The molecule has 3 unspecified atom stereocenters. The van der Waals surface area contributed by atoms with Crippen LogP contribution in [0.1, 0.15) is 58.8 Å². The number of ether oxygens (including phenoxy) is 1. The maximum atomic E-state index is 5.50. The number of hydrogen-bond acceptors (Lipinski definition) is 2. The molecule has 0 radical (unpaired) electrons. The van der Waals surface area contributed by atoms with Crippen LogP contribution in [-0.4, -0.2) is 25.3 Å². The van der Waals surface area contributed by atoms with Crippen LogP contribution in [0, 0.1) is 11.8 Å². The third kappa shape index (κ3) is 3.69. The maximum Gasteiger partial charge on any atom is 0.0509 e. The van der Waals surface area contributed by atoms with Gasteiger partial charge in [-0.05, 0) is 44.4 Å². The van der Waals surface area contributed by atoms with Crippen LogP contribution in [0.3, 0.4) is 0 Å². The Bertz CT molecular complexity index is 207. The van der Waals surface area contributed by atoms with Crippen LogP contribution < -0.4 is 5.32 Å². The molecule has 2 rings (SSSR count). The van der Waals surface area contributed by atoms with Gasteiger partial charge in [-0.15, -0.1) is 0 Å². The van der Waals surface area contributed by atoms with Crippen LogP contribution >= 0.6 is 0 Å². The minimum absolute atomic E-state index is 0.629. The van der Waals surface area contributed by atoms with Crippen LogP contribution in [0.15, 0.2) is 0 Å².